The summed E-state index contributed by atoms with van der Waals surface area (Å²) < 4.78 is 2.17. The Kier molecular flexibility index (Phi) is 4.30. The molecule has 1 aromatic heterocycles. The van der Waals surface area contributed by atoms with Crippen LogP contribution in [0.2, 0.25) is 0 Å². The van der Waals surface area contributed by atoms with E-state index in [2.05, 4.69) is 43.5 Å². The Balaban J connectivity index is 3.11. The summed E-state index contributed by atoms with van der Waals surface area (Å²) in [6, 6.07) is 0. The molecule has 0 unspecified atom stereocenters. The van der Waals surface area contributed by atoms with Crippen LogP contribution in [0.25, 0.3) is 0 Å². The van der Waals surface area contributed by atoms with E-state index < -0.39 is 0 Å². The fourth-order valence-electron chi connectivity index (χ4n) is 1.90. The smallest absolute Gasteiger partial charge is 0.127 e. The van der Waals surface area contributed by atoms with Crippen LogP contribution < -0.4 is 5.73 Å². The molecule has 0 atom stereocenters. The van der Waals surface area contributed by atoms with Crippen molar-refractivity contribution in [3.8, 4) is 0 Å². The molecule has 0 aromatic carbocycles. The Hall–Kier alpha value is -0.640. The molecule has 0 spiro atoms. The molecule has 1 rings (SSSR count). The van der Waals surface area contributed by atoms with Gasteiger partial charge >= 0.3 is 0 Å². The highest BCUT2D eigenvalue weighted by molar-refractivity contribution is 7.98. The van der Waals surface area contributed by atoms with Crippen molar-refractivity contribution in [1.82, 2.24) is 9.55 Å². The molecular weight excluding hydrogens is 218 g/mol. The van der Waals surface area contributed by atoms with Crippen LogP contribution in [0.15, 0.2) is 0 Å². The van der Waals surface area contributed by atoms with E-state index in [1.54, 1.807) is 0 Å². The van der Waals surface area contributed by atoms with Gasteiger partial charge in [0.1, 0.15) is 11.6 Å². The molecular formula is C12H23N3S. The third kappa shape index (κ3) is 2.73. The van der Waals surface area contributed by atoms with Crippen molar-refractivity contribution in [2.75, 3.05) is 17.7 Å². The molecule has 2 N–H and O–H groups in total. The Labute approximate surface area is 103 Å². The number of nitrogen functional groups attached to an aromatic ring is 1. The Morgan fingerprint density at radius 3 is 2.38 bits per heavy atom. The Morgan fingerprint density at radius 2 is 2.00 bits per heavy atom. The SMILES string of the molecule is CCc1nc(CCSC)c(N)n1C(C)(C)C. The van der Waals surface area contributed by atoms with Crippen molar-refractivity contribution in [3.63, 3.8) is 0 Å². The second kappa shape index (κ2) is 5.13. The van der Waals surface area contributed by atoms with Gasteiger partial charge in [0.15, 0.2) is 0 Å². The van der Waals surface area contributed by atoms with E-state index in [0.717, 1.165) is 35.9 Å². The van der Waals surface area contributed by atoms with Gasteiger partial charge in [0.2, 0.25) is 0 Å². The van der Waals surface area contributed by atoms with E-state index in [9.17, 15) is 0 Å². The van der Waals surface area contributed by atoms with Gasteiger partial charge in [-0.2, -0.15) is 11.8 Å². The first kappa shape index (κ1) is 13.4. The predicted octanol–water partition coefficient (Wildman–Crippen LogP) is 2.69. The molecule has 0 saturated carbocycles. The van der Waals surface area contributed by atoms with Gasteiger partial charge < -0.3 is 10.3 Å². The Morgan fingerprint density at radius 1 is 1.38 bits per heavy atom. The standard InChI is InChI=1S/C12H23N3S/c1-6-10-14-9(7-8-16-5)11(13)15(10)12(2,3)4/h6-8,13H2,1-5H3. The van der Waals surface area contributed by atoms with Gasteiger partial charge in [-0.25, -0.2) is 4.98 Å². The zero-order chi connectivity index (χ0) is 12.3. The van der Waals surface area contributed by atoms with E-state index >= 15 is 0 Å². The summed E-state index contributed by atoms with van der Waals surface area (Å²) in [5, 5.41) is 0. The van der Waals surface area contributed by atoms with E-state index in [4.69, 9.17) is 5.73 Å². The lowest BCUT2D eigenvalue weighted by atomic mass is 10.1. The minimum atomic E-state index is 0.0139. The molecule has 0 aliphatic heterocycles. The van der Waals surface area contributed by atoms with Crippen LogP contribution in [-0.2, 0) is 18.4 Å². The number of nitrogens with two attached hydrogens (primary N) is 1. The molecule has 0 aliphatic rings. The molecule has 1 heterocycles. The van der Waals surface area contributed by atoms with Gasteiger partial charge in [0, 0.05) is 18.4 Å². The van der Waals surface area contributed by atoms with Crippen molar-refractivity contribution < 1.29 is 0 Å². The minimum absolute atomic E-state index is 0.0139. The number of rotatable bonds is 4. The number of aromatic nitrogens is 2. The van der Waals surface area contributed by atoms with Gasteiger partial charge in [0.25, 0.3) is 0 Å². The third-order valence-electron chi connectivity index (χ3n) is 2.59. The van der Waals surface area contributed by atoms with E-state index in [-0.39, 0.29) is 5.54 Å². The van der Waals surface area contributed by atoms with E-state index in [0.29, 0.717) is 0 Å². The van der Waals surface area contributed by atoms with Gasteiger partial charge in [-0.05, 0) is 32.8 Å². The van der Waals surface area contributed by atoms with Crippen LogP contribution in [0.4, 0.5) is 5.82 Å². The average molecular weight is 241 g/mol. The third-order valence-corrected chi connectivity index (χ3v) is 3.20. The van der Waals surface area contributed by atoms with Crippen LogP contribution in [-0.4, -0.2) is 21.6 Å². The van der Waals surface area contributed by atoms with Crippen LogP contribution >= 0.6 is 11.8 Å². The first-order valence-electron chi connectivity index (χ1n) is 5.77. The summed E-state index contributed by atoms with van der Waals surface area (Å²) in [6.07, 6.45) is 4.00. The lowest BCUT2D eigenvalue weighted by Crippen LogP contribution is -2.25. The molecule has 3 nitrogen and oxygen atoms in total. The molecule has 0 amide bonds. The lowest BCUT2D eigenvalue weighted by Gasteiger charge is -2.24. The molecule has 0 aliphatic carbocycles. The van der Waals surface area contributed by atoms with E-state index in [1.165, 1.54) is 0 Å². The maximum absolute atomic E-state index is 6.20. The zero-order valence-corrected chi connectivity index (χ0v) is 11.8. The van der Waals surface area contributed by atoms with Crippen LogP contribution in [0, 0.1) is 0 Å². The minimum Gasteiger partial charge on any atom is -0.384 e. The van der Waals surface area contributed by atoms with Crippen molar-refractivity contribution in [2.45, 2.75) is 46.1 Å². The second-order valence-corrected chi connectivity index (χ2v) is 5.95. The molecule has 0 radical (unpaired) electrons. The number of thioether (sulfide) groups is 1. The molecule has 0 bridgehead atoms. The molecule has 0 fully saturated rings. The molecule has 16 heavy (non-hydrogen) atoms. The maximum Gasteiger partial charge on any atom is 0.127 e. The fourth-order valence-corrected chi connectivity index (χ4v) is 2.30. The molecule has 1 aromatic rings. The first-order chi connectivity index (χ1) is 7.41. The highest BCUT2D eigenvalue weighted by Crippen LogP contribution is 2.25. The zero-order valence-electron chi connectivity index (χ0n) is 11.0. The summed E-state index contributed by atoms with van der Waals surface area (Å²) in [6.45, 7) is 8.63. The first-order valence-corrected chi connectivity index (χ1v) is 7.16. The molecule has 92 valence electrons. The lowest BCUT2D eigenvalue weighted by molar-refractivity contribution is 0.389. The second-order valence-electron chi connectivity index (χ2n) is 4.96. The summed E-state index contributed by atoms with van der Waals surface area (Å²) in [4.78, 5) is 4.66. The highest BCUT2D eigenvalue weighted by atomic mass is 32.2. The number of aryl methyl sites for hydroxylation is 2. The van der Waals surface area contributed by atoms with Gasteiger partial charge in [-0.15, -0.1) is 0 Å². The number of imidazole rings is 1. The number of nitrogens with zero attached hydrogens (tertiary/aromatic N) is 2. The maximum atomic E-state index is 6.20. The fraction of sp³-hybridized carbons (Fsp3) is 0.750. The number of hydrogen-bond acceptors (Lipinski definition) is 3. The monoisotopic (exact) mass is 241 g/mol. The average Bonchev–Trinajstić information content (AvgIpc) is 2.51. The van der Waals surface area contributed by atoms with Crippen molar-refractivity contribution in [2.24, 2.45) is 0 Å². The topological polar surface area (TPSA) is 43.8 Å². The van der Waals surface area contributed by atoms with Crippen LogP contribution in [0.1, 0.15) is 39.2 Å². The largest absolute Gasteiger partial charge is 0.384 e. The van der Waals surface area contributed by atoms with Crippen molar-refractivity contribution in [1.29, 1.82) is 0 Å². The van der Waals surface area contributed by atoms with Crippen molar-refractivity contribution in [3.05, 3.63) is 11.5 Å². The predicted molar refractivity (Wildman–Crippen MR) is 73.1 cm³/mol. The van der Waals surface area contributed by atoms with Gasteiger partial charge in [-0.3, -0.25) is 0 Å². The molecule has 4 heteroatoms. The number of anilines is 1. The number of hydrogen-bond donors (Lipinski definition) is 1. The van der Waals surface area contributed by atoms with Gasteiger partial charge in [-0.1, -0.05) is 6.92 Å². The van der Waals surface area contributed by atoms with Gasteiger partial charge in [0.05, 0.1) is 5.69 Å². The Bertz CT molecular complexity index is 350. The summed E-state index contributed by atoms with van der Waals surface area (Å²) >= 11 is 1.83. The van der Waals surface area contributed by atoms with E-state index in [1.807, 2.05) is 11.8 Å². The van der Waals surface area contributed by atoms with Crippen LogP contribution in [0.3, 0.4) is 0 Å². The van der Waals surface area contributed by atoms with Crippen molar-refractivity contribution >= 4 is 17.6 Å². The summed E-state index contributed by atoms with van der Waals surface area (Å²) in [5.74, 6) is 3.02. The quantitative estimate of drug-likeness (QED) is 0.881. The van der Waals surface area contributed by atoms with Crippen LogP contribution in [0.5, 0.6) is 0 Å². The summed E-state index contributed by atoms with van der Waals surface area (Å²) in [7, 11) is 0. The molecule has 0 saturated heterocycles. The normalized spacial score (nSPS) is 12.1. The summed E-state index contributed by atoms with van der Waals surface area (Å²) in [5.41, 5.74) is 7.27. The highest BCUT2D eigenvalue weighted by Gasteiger charge is 2.22.